The van der Waals surface area contributed by atoms with E-state index >= 15 is 0 Å². The number of para-hydroxylation sites is 2. The van der Waals surface area contributed by atoms with Crippen LogP contribution in [0, 0.1) is 17.8 Å². The molecule has 7 aliphatic rings. The van der Waals surface area contributed by atoms with Crippen molar-refractivity contribution < 1.29 is 0 Å². The maximum Gasteiger partial charge on any atom is 0.0576 e. The predicted octanol–water partition coefficient (Wildman–Crippen LogP) is 13.1. The third-order valence-corrected chi connectivity index (χ3v) is 16.5. The van der Waals surface area contributed by atoms with Crippen LogP contribution in [-0.2, 0) is 5.41 Å². The summed E-state index contributed by atoms with van der Waals surface area (Å²) in [7, 11) is 0. The first-order valence-electron chi connectivity index (χ1n) is 20.0. The van der Waals surface area contributed by atoms with E-state index in [4.69, 9.17) is 0 Å². The Kier molecular flexibility index (Phi) is 7.80. The van der Waals surface area contributed by atoms with Crippen LogP contribution in [-0.4, -0.2) is 20.3 Å². The molecule has 0 radical (unpaired) electrons. The summed E-state index contributed by atoms with van der Waals surface area (Å²) in [4.78, 5) is 1.52. The van der Waals surface area contributed by atoms with Gasteiger partial charge in [-0.25, -0.2) is 0 Å². The summed E-state index contributed by atoms with van der Waals surface area (Å²) >= 11 is 4.40. The normalized spacial score (nSPS) is 33.2. The lowest BCUT2D eigenvalue weighted by molar-refractivity contribution is 0.197. The number of thioether (sulfide) groups is 2. The molecule has 3 heterocycles. The lowest BCUT2D eigenvalue weighted by atomic mass is 9.51. The van der Waals surface area contributed by atoms with Gasteiger partial charge >= 0.3 is 0 Å². The van der Waals surface area contributed by atoms with Gasteiger partial charge in [0.1, 0.15) is 0 Å². The first kappa shape index (κ1) is 31.8. The summed E-state index contributed by atoms with van der Waals surface area (Å²) < 4.78 is 2.68. The van der Waals surface area contributed by atoms with Crippen molar-refractivity contribution >= 4 is 50.9 Å². The second-order valence-corrected chi connectivity index (χ2v) is 18.8. The third-order valence-electron chi connectivity index (χ3n) is 13.6. The van der Waals surface area contributed by atoms with Crippen molar-refractivity contribution in [2.75, 3.05) is 0 Å². The number of hydrogen-bond donors (Lipinski definition) is 0. The van der Waals surface area contributed by atoms with Crippen molar-refractivity contribution in [2.45, 2.75) is 89.9 Å². The van der Waals surface area contributed by atoms with Gasteiger partial charge in [-0.1, -0.05) is 127 Å². The molecule has 4 aromatic rings. The van der Waals surface area contributed by atoms with Crippen LogP contribution in [0.5, 0.6) is 0 Å². The Balaban J connectivity index is 1.10. The Morgan fingerprint density at radius 2 is 1.71 bits per heavy atom. The standard InChI is InChI=1S/C49H47NS2/c1-3-14-32(15-4-1)33-27-29-46-42(30-33)49(39-21-8-11-24-44(39)51-45-25-12-9-22-40(45)49)41-28-26-34(31-47(41)52-46)36-19-13-20-38-37-18-7-10-23-43(37)50(48(36)38)35-16-5-2-6-17-35/h5,7-14,16,18-24,26-29,31,33,35,41-42,45-47H,1-4,6,15,17,25,30H2. The van der Waals surface area contributed by atoms with Crippen LogP contribution in [0.25, 0.3) is 27.4 Å². The Morgan fingerprint density at radius 1 is 0.788 bits per heavy atom. The minimum absolute atomic E-state index is 0.0254. The SMILES string of the molecule is C1=CCC2Sc3ccccc3C3(C2=C1)C1C=CC(c2cccc4c5ccccc5n(C5C=CCCC5)c24)=CC1SC1C=CC(C2=CCCCC2)CC13. The van der Waals surface area contributed by atoms with Crippen molar-refractivity contribution in [3.63, 3.8) is 0 Å². The second-order valence-electron chi connectivity index (χ2n) is 16.2. The number of aromatic nitrogens is 1. The van der Waals surface area contributed by atoms with E-state index in [1.54, 1.807) is 16.7 Å². The zero-order valence-electron chi connectivity index (χ0n) is 29.9. The van der Waals surface area contributed by atoms with Gasteiger partial charge in [-0.15, -0.1) is 23.5 Å². The first-order chi connectivity index (χ1) is 25.8. The van der Waals surface area contributed by atoms with Gasteiger partial charge < -0.3 is 4.57 Å². The Morgan fingerprint density at radius 3 is 2.63 bits per heavy atom. The smallest absolute Gasteiger partial charge is 0.0576 e. The number of benzene rings is 3. The van der Waals surface area contributed by atoms with Crippen LogP contribution in [0.1, 0.15) is 75.0 Å². The summed E-state index contributed by atoms with van der Waals surface area (Å²) in [5.41, 5.74) is 10.5. The van der Waals surface area contributed by atoms with Crippen LogP contribution < -0.4 is 0 Å². The van der Waals surface area contributed by atoms with Gasteiger partial charge in [0.15, 0.2) is 0 Å². The van der Waals surface area contributed by atoms with Gasteiger partial charge in [-0.3, -0.25) is 0 Å². The number of allylic oxidation sites excluding steroid dienone is 11. The minimum Gasteiger partial charge on any atom is -0.333 e. The molecule has 1 spiro atoms. The molecular weight excluding hydrogens is 667 g/mol. The summed E-state index contributed by atoms with van der Waals surface area (Å²) in [6.07, 6.45) is 39.4. The molecule has 1 aromatic heterocycles. The summed E-state index contributed by atoms with van der Waals surface area (Å²) in [6, 6.07) is 26.2. The van der Waals surface area contributed by atoms with E-state index in [0.717, 1.165) is 6.42 Å². The number of nitrogens with zero attached hydrogens (tertiary/aromatic N) is 1. The summed E-state index contributed by atoms with van der Waals surface area (Å²) in [6.45, 7) is 0. The van der Waals surface area contributed by atoms with E-state index in [9.17, 15) is 0 Å². The molecule has 11 rings (SSSR count). The van der Waals surface area contributed by atoms with Crippen LogP contribution in [0.3, 0.4) is 0 Å². The molecule has 3 aromatic carbocycles. The first-order valence-corrected chi connectivity index (χ1v) is 21.9. The second kappa shape index (κ2) is 12.7. The maximum absolute atomic E-state index is 2.71. The minimum atomic E-state index is -0.0254. The zero-order valence-corrected chi connectivity index (χ0v) is 31.5. The molecule has 0 bridgehead atoms. The Labute approximate surface area is 317 Å². The van der Waals surface area contributed by atoms with Gasteiger partial charge in [0.25, 0.3) is 0 Å². The fourth-order valence-corrected chi connectivity index (χ4v) is 14.7. The molecule has 1 saturated heterocycles. The van der Waals surface area contributed by atoms with Crippen LogP contribution in [0.4, 0.5) is 0 Å². The number of fused-ring (bicyclic) bond motifs is 11. The number of hydrogen-bond acceptors (Lipinski definition) is 2. The molecule has 52 heavy (non-hydrogen) atoms. The molecule has 260 valence electrons. The van der Waals surface area contributed by atoms with Crippen molar-refractivity contribution in [3.8, 4) is 0 Å². The molecule has 1 fully saturated rings. The van der Waals surface area contributed by atoms with Gasteiger partial charge in [-0.2, -0.15) is 0 Å². The van der Waals surface area contributed by atoms with Gasteiger partial charge in [-0.05, 0) is 98.5 Å². The quantitative estimate of drug-likeness (QED) is 0.195. The molecule has 2 aliphatic heterocycles. The van der Waals surface area contributed by atoms with Crippen molar-refractivity contribution in [1.29, 1.82) is 0 Å². The topological polar surface area (TPSA) is 4.93 Å². The van der Waals surface area contributed by atoms with E-state index in [1.807, 2.05) is 0 Å². The van der Waals surface area contributed by atoms with Gasteiger partial charge in [0.2, 0.25) is 0 Å². The highest BCUT2D eigenvalue weighted by Gasteiger charge is 2.61. The average Bonchev–Trinajstić information content (AvgIpc) is 3.56. The van der Waals surface area contributed by atoms with E-state index in [0.29, 0.717) is 39.5 Å². The molecule has 0 N–H and O–H groups in total. The van der Waals surface area contributed by atoms with E-state index in [2.05, 4.69) is 162 Å². The summed E-state index contributed by atoms with van der Waals surface area (Å²) in [5, 5.41) is 4.15. The highest BCUT2D eigenvalue weighted by atomic mass is 32.2. The summed E-state index contributed by atoms with van der Waals surface area (Å²) in [5.74, 6) is 1.54. The fraction of sp³-hybridized carbons (Fsp3) is 0.347. The fourth-order valence-electron chi connectivity index (χ4n) is 11.5. The molecule has 0 saturated carbocycles. The molecule has 5 aliphatic carbocycles. The lowest BCUT2D eigenvalue weighted by Gasteiger charge is -2.61. The van der Waals surface area contributed by atoms with Gasteiger partial charge in [0.05, 0.1) is 11.6 Å². The number of rotatable bonds is 3. The molecule has 8 unspecified atom stereocenters. The highest BCUT2D eigenvalue weighted by molar-refractivity contribution is 8.01. The van der Waals surface area contributed by atoms with E-state index < -0.39 is 0 Å². The van der Waals surface area contributed by atoms with Crippen molar-refractivity contribution in [3.05, 3.63) is 156 Å². The Bertz CT molecular complexity index is 2310. The van der Waals surface area contributed by atoms with E-state index in [-0.39, 0.29) is 5.41 Å². The maximum atomic E-state index is 2.71. The van der Waals surface area contributed by atoms with Crippen LogP contribution in [0.2, 0.25) is 0 Å². The molecule has 3 heteroatoms. The molecule has 8 atom stereocenters. The largest absolute Gasteiger partial charge is 0.333 e. The van der Waals surface area contributed by atoms with Crippen molar-refractivity contribution in [2.24, 2.45) is 17.8 Å². The van der Waals surface area contributed by atoms with Crippen LogP contribution in [0.15, 0.2) is 150 Å². The molecule has 1 nitrogen and oxygen atoms in total. The van der Waals surface area contributed by atoms with Crippen LogP contribution >= 0.6 is 23.5 Å². The predicted molar refractivity (Wildman–Crippen MR) is 224 cm³/mol. The van der Waals surface area contributed by atoms with Crippen molar-refractivity contribution in [1.82, 2.24) is 4.57 Å². The molecular formula is C49H47NS2. The van der Waals surface area contributed by atoms with E-state index in [1.165, 1.54) is 89.2 Å². The zero-order chi connectivity index (χ0) is 34.2. The Hall–Kier alpha value is -3.66. The third kappa shape index (κ3) is 4.77. The monoisotopic (exact) mass is 713 g/mol. The van der Waals surface area contributed by atoms with Gasteiger partial charge in [0, 0.05) is 53.8 Å². The highest BCUT2D eigenvalue weighted by Crippen LogP contribution is 2.67. The lowest BCUT2D eigenvalue weighted by Crippen LogP contribution is -2.58. The average molecular weight is 714 g/mol. The molecule has 0 amide bonds.